The average Bonchev–Trinajstić information content (AvgIpc) is 2.78. The maximum atomic E-state index is 12.9. The third-order valence-corrected chi connectivity index (χ3v) is 6.20. The Balaban J connectivity index is 1.77. The molecule has 0 saturated carbocycles. The van der Waals surface area contributed by atoms with E-state index in [1.54, 1.807) is 12.1 Å². The standard InChI is InChI=1S/C21H20N4O4S/c1-15-3-7-17(8-4-15)22-23-18-9-13-20(14-10-18)30(28,29)25(2)19-11-5-16(6-12-19)21(26)24-27/h3-14,27H,1-2H3,(H,24,26). The van der Waals surface area contributed by atoms with Gasteiger partial charge in [-0.25, -0.2) is 13.9 Å². The van der Waals surface area contributed by atoms with Crippen LogP contribution in [0.4, 0.5) is 17.1 Å². The van der Waals surface area contributed by atoms with E-state index >= 15 is 0 Å². The van der Waals surface area contributed by atoms with Crippen molar-refractivity contribution >= 4 is 33.0 Å². The Morgan fingerprint density at radius 3 is 1.87 bits per heavy atom. The second-order valence-corrected chi connectivity index (χ2v) is 8.46. The minimum Gasteiger partial charge on any atom is -0.288 e. The lowest BCUT2D eigenvalue weighted by molar-refractivity contribution is 0.0706. The summed E-state index contributed by atoms with van der Waals surface area (Å²) in [4.78, 5) is 11.5. The lowest BCUT2D eigenvalue weighted by Crippen LogP contribution is -2.26. The first-order valence-electron chi connectivity index (χ1n) is 8.93. The summed E-state index contributed by atoms with van der Waals surface area (Å²) in [5, 5.41) is 16.9. The van der Waals surface area contributed by atoms with Crippen LogP contribution in [-0.2, 0) is 10.0 Å². The number of hydrogen-bond acceptors (Lipinski definition) is 6. The van der Waals surface area contributed by atoms with Gasteiger partial charge in [-0.3, -0.25) is 14.3 Å². The molecule has 154 valence electrons. The van der Waals surface area contributed by atoms with Crippen molar-refractivity contribution < 1.29 is 18.4 Å². The fourth-order valence-corrected chi connectivity index (χ4v) is 3.79. The summed E-state index contributed by atoms with van der Waals surface area (Å²) in [5.74, 6) is -0.678. The highest BCUT2D eigenvalue weighted by Gasteiger charge is 2.21. The number of benzene rings is 3. The second-order valence-electron chi connectivity index (χ2n) is 6.49. The van der Waals surface area contributed by atoms with E-state index in [0.717, 1.165) is 9.87 Å². The molecule has 9 heteroatoms. The first kappa shape index (κ1) is 21.2. The number of carbonyl (C=O) groups excluding carboxylic acids is 1. The molecule has 0 heterocycles. The van der Waals surface area contributed by atoms with Gasteiger partial charge in [0.25, 0.3) is 15.9 Å². The van der Waals surface area contributed by atoms with E-state index in [1.807, 2.05) is 31.2 Å². The number of anilines is 1. The molecule has 0 aliphatic heterocycles. The number of aryl methyl sites for hydroxylation is 1. The van der Waals surface area contributed by atoms with Crippen molar-refractivity contribution in [3.8, 4) is 0 Å². The van der Waals surface area contributed by atoms with Crippen LogP contribution in [0, 0.1) is 6.92 Å². The predicted molar refractivity (Wildman–Crippen MR) is 113 cm³/mol. The predicted octanol–water partition coefficient (Wildman–Crippen LogP) is 4.35. The zero-order chi connectivity index (χ0) is 21.7. The van der Waals surface area contributed by atoms with Gasteiger partial charge < -0.3 is 0 Å². The Bertz CT molecular complexity index is 1160. The summed E-state index contributed by atoms with van der Waals surface area (Å²) >= 11 is 0. The number of azo groups is 1. The maximum absolute atomic E-state index is 12.9. The average molecular weight is 424 g/mol. The Morgan fingerprint density at radius 1 is 0.867 bits per heavy atom. The number of carbonyl (C=O) groups is 1. The topological polar surface area (TPSA) is 111 Å². The number of nitrogens with one attached hydrogen (secondary N) is 1. The molecule has 0 aliphatic rings. The van der Waals surface area contributed by atoms with Gasteiger partial charge in [0.2, 0.25) is 0 Å². The van der Waals surface area contributed by atoms with E-state index in [0.29, 0.717) is 17.1 Å². The summed E-state index contributed by atoms with van der Waals surface area (Å²) < 4.78 is 26.9. The van der Waals surface area contributed by atoms with Crippen LogP contribution >= 0.6 is 0 Å². The third kappa shape index (κ3) is 4.70. The molecule has 0 unspecified atom stereocenters. The Morgan fingerprint density at radius 2 is 1.37 bits per heavy atom. The van der Waals surface area contributed by atoms with Gasteiger partial charge >= 0.3 is 0 Å². The number of sulfonamides is 1. The van der Waals surface area contributed by atoms with Crippen molar-refractivity contribution in [1.82, 2.24) is 5.48 Å². The Kier molecular flexibility index (Phi) is 6.24. The minimum atomic E-state index is -3.81. The van der Waals surface area contributed by atoms with E-state index < -0.39 is 15.9 Å². The fraction of sp³-hybridized carbons (Fsp3) is 0.0952. The summed E-state index contributed by atoms with van der Waals surface area (Å²) in [6, 6.07) is 19.4. The van der Waals surface area contributed by atoms with Crippen LogP contribution < -0.4 is 9.79 Å². The van der Waals surface area contributed by atoms with Gasteiger partial charge in [0.1, 0.15) is 0 Å². The smallest absolute Gasteiger partial charge is 0.274 e. The van der Waals surface area contributed by atoms with Gasteiger partial charge in [0, 0.05) is 12.6 Å². The van der Waals surface area contributed by atoms with E-state index in [2.05, 4.69) is 10.2 Å². The van der Waals surface area contributed by atoms with Crippen molar-refractivity contribution in [2.75, 3.05) is 11.4 Å². The van der Waals surface area contributed by atoms with Crippen LogP contribution in [0.2, 0.25) is 0 Å². The molecular weight excluding hydrogens is 404 g/mol. The zero-order valence-electron chi connectivity index (χ0n) is 16.4. The largest absolute Gasteiger partial charge is 0.288 e. The highest BCUT2D eigenvalue weighted by molar-refractivity contribution is 7.92. The molecule has 0 aromatic heterocycles. The lowest BCUT2D eigenvalue weighted by atomic mass is 10.2. The van der Waals surface area contributed by atoms with Crippen LogP contribution in [-0.4, -0.2) is 26.6 Å². The van der Waals surface area contributed by atoms with Crippen LogP contribution in [0.25, 0.3) is 0 Å². The van der Waals surface area contributed by atoms with Gasteiger partial charge in [-0.2, -0.15) is 10.2 Å². The number of rotatable bonds is 6. The molecule has 0 saturated heterocycles. The molecule has 0 radical (unpaired) electrons. The molecule has 0 aliphatic carbocycles. The minimum absolute atomic E-state index is 0.0939. The lowest BCUT2D eigenvalue weighted by Gasteiger charge is -2.19. The van der Waals surface area contributed by atoms with E-state index in [-0.39, 0.29) is 10.5 Å². The van der Waals surface area contributed by atoms with Gasteiger partial charge in [-0.05, 0) is 67.6 Å². The van der Waals surface area contributed by atoms with Crippen LogP contribution in [0.15, 0.2) is 87.9 Å². The summed E-state index contributed by atoms with van der Waals surface area (Å²) in [6.45, 7) is 1.98. The van der Waals surface area contributed by atoms with Crippen molar-refractivity contribution in [1.29, 1.82) is 0 Å². The molecule has 0 atom stereocenters. The Labute approximate surface area is 174 Å². The highest BCUT2D eigenvalue weighted by Crippen LogP contribution is 2.25. The third-order valence-electron chi connectivity index (χ3n) is 4.40. The van der Waals surface area contributed by atoms with Crippen LogP contribution in [0.5, 0.6) is 0 Å². The number of hydroxylamine groups is 1. The number of nitrogens with zero attached hydrogens (tertiary/aromatic N) is 3. The molecule has 3 aromatic carbocycles. The van der Waals surface area contributed by atoms with Gasteiger partial charge in [0.15, 0.2) is 0 Å². The summed E-state index contributed by atoms with van der Waals surface area (Å²) in [6.07, 6.45) is 0. The SMILES string of the molecule is Cc1ccc(N=Nc2ccc(S(=O)(=O)N(C)c3ccc(C(=O)NO)cc3)cc2)cc1. The van der Waals surface area contributed by atoms with E-state index in [4.69, 9.17) is 5.21 Å². The van der Waals surface area contributed by atoms with Gasteiger partial charge in [-0.1, -0.05) is 17.7 Å². The van der Waals surface area contributed by atoms with Crippen LogP contribution in [0.3, 0.4) is 0 Å². The second kappa shape index (κ2) is 8.85. The molecular formula is C21H20N4O4S. The van der Waals surface area contributed by atoms with Gasteiger partial charge in [0.05, 0.1) is 22.0 Å². The highest BCUT2D eigenvalue weighted by atomic mass is 32.2. The normalized spacial score (nSPS) is 11.4. The first-order valence-corrected chi connectivity index (χ1v) is 10.4. The molecule has 3 rings (SSSR count). The van der Waals surface area contributed by atoms with Crippen LogP contribution in [0.1, 0.15) is 15.9 Å². The van der Waals surface area contributed by atoms with Gasteiger partial charge in [-0.15, -0.1) is 0 Å². The fourth-order valence-electron chi connectivity index (χ4n) is 2.60. The Hall–Kier alpha value is -3.56. The monoisotopic (exact) mass is 424 g/mol. The number of hydrogen-bond donors (Lipinski definition) is 2. The molecule has 2 N–H and O–H groups in total. The molecule has 0 fully saturated rings. The molecule has 1 amide bonds. The molecule has 0 bridgehead atoms. The summed E-state index contributed by atoms with van der Waals surface area (Å²) in [7, 11) is -2.39. The van der Waals surface area contributed by atoms with E-state index in [1.165, 1.54) is 48.9 Å². The van der Waals surface area contributed by atoms with Crippen molar-refractivity contribution in [2.45, 2.75) is 11.8 Å². The van der Waals surface area contributed by atoms with Crippen molar-refractivity contribution in [3.63, 3.8) is 0 Å². The quantitative estimate of drug-likeness (QED) is 0.348. The molecule has 0 spiro atoms. The number of amides is 1. The molecule has 30 heavy (non-hydrogen) atoms. The zero-order valence-corrected chi connectivity index (χ0v) is 17.2. The first-order chi connectivity index (χ1) is 14.3. The van der Waals surface area contributed by atoms with Crippen molar-refractivity contribution in [3.05, 3.63) is 83.9 Å². The summed E-state index contributed by atoms with van der Waals surface area (Å²) in [5.41, 5.74) is 4.45. The van der Waals surface area contributed by atoms with Crippen molar-refractivity contribution in [2.24, 2.45) is 10.2 Å². The molecule has 8 nitrogen and oxygen atoms in total. The van der Waals surface area contributed by atoms with E-state index in [9.17, 15) is 13.2 Å². The maximum Gasteiger partial charge on any atom is 0.274 e. The molecule has 3 aromatic rings.